The van der Waals surface area contributed by atoms with Gasteiger partial charge in [-0.05, 0) is 43.9 Å². The van der Waals surface area contributed by atoms with Gasteiger partial charge in [-0.1, -0.05) is 36.9 Å². The molecule has 0 saturated heterocycles. The first kappa shape index (κ1) is 13.4. The first-order chi connectivity index (χ1) is 8.58. The molecule has 0 atom stereocenters. The largest absolute Gasteiger partial charge is 0.324 e. The summed E-state index contributed by atoms with van der Waals surface area (Å²) < 4.78 is 0. The summed E-state index contributed by atoms with van der Waals surface area (Å²) in [4.78, 5) is 12.2. The van der Waals surface area contributed by atoms with Crippen LogP contribution in [0.3, 0.4) is 0 Å². The second-order valence-electron chi connectivity index (χ2n) is 5.26. The molecule has 1 aliphatic rings. The van der Waals surface area contributed by atoms with E-state index < -0.39 is 0 Å². The van der Waals surface area contributed by atoms with Gasteiger partial charge in [-0.3, -0.25) is 4.79 Å². The van der Waals surface area contributed by atoms with Crippen LogP contribution >= 0.6 is 11.6 Å². The lowest BCUT2D eigenvalue weighted by molar-refractivity contribution is -0.120. The van der Waals surface area contributed by atoms with Crippen LogP contribution in [0.1, 0.15) is 43.2 Å². The number of carbonyl (C=O) groups excluding carboxylic acids is 1. The summed E-state index contributed by atoms with van der Waals surface area (Å²) in [5, 5.41) is 3.64. The van der Waals surface area contributed by atoms with E-state index in [2.05, 4.69) is 5.32 Å². The summed E-state index contributed by atoms with van der Waals surface area (Å²) in [5.74, 6) is 0.291. The zero-order chi connectivity index (χ0) is 13.1. The van der Waals surface area contributed by atoms with E-state index in [0.29, 0.717) is 5.02 Å². The minimum absolute atomic E-state index is 0.128. The van der Waals surface area contributed by atoms with Crippen LogP contribution in [0, 0.1) is 19.8 Å². The molecule has 18 heavy (non-hydrogen) atoms. The Morgan fingerprint density at radius 2 is 1.89 bits per heavy atom. The molecule has 2 nitrogen and oxygen atoms in total. The Bertz CT molecular complexity index is 427. The molecule has 0 radical (unpaired) electrons. The van der Waals surface area contributed by atoms with Crippen molar-refractivity contribution in [1.29, 1.82) is 0 Å². The van der Waals surface area contributed by atoms with Crippen LogP contribution in [0.15, 0.2) is 12.1 Å². The fraction of sp³-hybridized carbons (Fsp3) is 0.533. The Labute approximate surface area is 114 Å². The Morgan fingerprint density at radius 1 is 1.22 bits per heavy atom. The fourth-order valence-electron chi connectivity index (χ4n) is 2.66. The number of hydrogen-bond donors (Lipinski definition) is 1. The van der Waals surface area contributed by atoms with E-state index in [0.717, 1.165) is 29.7 Å². The zero-order valence-corrected chi connectivity index (χ0v) is 11.8. The smallest absolute Gasteiger partial charge is 0.227 e. The van der Waals surface area contributed by atoms with Crippen LogP contribution < -0.4 is 5.32 Å². The summed E-state index contributed by atoms with van der Waals surface area (Å²) in [7, 11) is 0. The second-order valence-corrected chi connectivity index (χ2v) is 5.67. The second kappa shape index (κ2) is 5.75. The molecule has 98 valence electrons. The van der Waals surface area contributed by atoms with Gasteiger partial charge in [-0.2, -0.15) is 0 Å². The molecule has 3 heteroatoms. The minimum Gasteiger partial charge on any atom is -0.324 e. The highest BCUT2D eigenvalue weighted by molar-refractivity contribution is 6.34. The van der Waals surface area contributed by atoms with Crippen molar-refractivity contribution in [2.24, 2.45) is 5.92 Å². The van der Waals surface area contributed by atoms with E-state index in [1.54, 1.807) is 0 Å². The van der Waals surface area contributed by atoms with E-state index >= 15 is 0 Å². The van der Waals surface area contributed by atoms with Gasteiger partial charge >= 0.3 is 0 Å². The molecule has 0 bridgehead atoms. The summed E-state index contributed by atoms with van der Waals surface area (Å²) in [6, 6.07) is 3.94. The van der Waals surface area contributed by atoms with Crippen LogP contribution in [0.4, 0.5) is 5.69 Å². The number of hydrogen-bond acceptors (Lipinski definition) is 1. The molecule has 1 aromatic rings. The summed E-state index contributed by atoms with van der Waals surface area (Å²) in [6.07, 6.45) is 5.61. The van der Waals surface area contributed by atoms with Crippen molar-refractivity contribution in [2.45, 2.75) is 46.0 Å². The van der Waals surface area contributed by atoms with Crippen molar-refractivity contribution in [3.8, 4) is 0 Å². The van der Waals surface area contributed by atoms with E-state index in [9.17, 15) is 4.79 Å². The Morgan fingerprint density at radius 3 is 2.50 bits per heavy atom. The summed E-state index contributed by atoms with van der Waals surface area (Å²) in [6.45, 7) is 3.99. The third-order valence-corrected chi connectivity index (χ3v) is 3.95. The fourth-order valence-corrected chi connectivity index (χ4v) is 3.03. The third kappa shape index (κ3) is 3.05. The first-order valence-corrected chi connectivity index (χ1v) is 7.03. The van der Waals surface area contributed by atoms with Crippen LogP contribution in [0.2, 0.25) is 5.02 Å². The van der Waals surface area contributed by atoms with Crippen molar-refractivity contribution in [2.75, 3.05) is 5.32 Å². The molecule has 0 aromatic heterocycles. The molecule has 1 amide bonds. The zero-order valence-electron chi connectivity index (χ0n) is 11.1. The number of aryl methyl sites for hydroxylation is 2. The van der Waals surface area contributed by atoms with Gasteiger partial charge in [0.1, 0.15) is 0 Å². The molecule has 1 aromatic carbocycles. The number of halogens is 1. The number of anilines is 1. The number of rotatable bonds is 2. The van der Waals surface area contributed by atoms with Gasteiger partial charge in [0.25, 0.3) is 0 Å². The first-order valence-electron chi connectivity index (χ1n) is 6.65. The maximum absolute atomic E-state index is 12.2. The molecule has 2 rings (SSSR count). The molecular weight excluding hydrogens is 246 g/mol. The van der Waals surface area contributed by atoms with Crippen molar-refractivity contribution < 1.29 is 4.79 Å². The van der Waals surface area contributed by atoms with Gasteiger partial charge in [0.05, 0.1) is 10.7 Å². The van der Waals surface area contributed by atoms with Gasteiger partial charge in [-0.25, -0.2) is 0 Å². The number of nitrogens with one attached hydrogen (secondary N) is 1. The van der Waals surface area contributed by atoms with Crippen LogP contribution in [0.25, 0.3) is 0 Å². The van der Waals surface area contributed by atoms with Crippen molar-refractivity contribution in [1.82, 2.24) is 0 Å². The topological polar surface area (TPSA) is 29.1 Å². The number of benzene rings is 1. The van der Waals surface area contributed by atoms with Gasteiger partial charge in [0, 0.05) is 5.92 Å². The monoisotopic (exact) mass is 265 g/mol. The van der Waals surface area contributed by atoms with Gasteiger partial charge < -0.3 is 5.32 Å². The van der Waals surface area contributed by atoms with Crippen LogP contribution in [-0.2, 0) is 4.79 Å². The van der Waals surface area contributed by atoms with E-state index in [1.165, 1.54) is 19.3 Å². The molecule has 0 spiro atoms. The van der Waals surface area contributed by atoms with E-state index in [4.69, 9.17) is 11.6 Å². The lowest BCUT2D eigenvalue weighted by atomic mass is 9.88. The standard InChI is InChI=1S/C15H20ClNO/c1-10-8-11(2)14(13(16)9-10)17-15(18)12-6-4-3-5-7-12/h8-9,12H,3-7H2,1-2H3,(H,17,18). The molecule has 1 N–H and O–H groups in total. The maximum Gasteiger partial charge on any atom is 0.227 e. The van der Waals surface area contributed by atoms with E-state index in [-0.39, 0.29) is 11.8 Å². The lowest BCUT2D eigenvalue weighted by Gasteiger charge is -2.21. The third-order valence-electron chi connectivity index (χ3n) is 3.66. The van der Waals surface area contributed by atoms with Gasteiger partial charge in [0.15, 0.2) is 0 Å². The Hall–Kier alpha value is -1.02. The normalized spacial score (nSPS) is 16.6. The molecule has 1 saturated carbocycles. The van der Waals surface area contributed by atoms with Gasteiger partial charge in [0.2, 0.25) is 5.91 Å². The SMILES string of the molecule is Cc1cc(C)c(NC(=O)C2CCCCC2)c(Cl)c1. The highest BCUT2D eigenvalue weighted by Gasteiger charge is 2.22. The highest BCUT2D eigenvalue weighted by atomic mass is 35.5. The number of carbonyl (C=O) groups is 1. The molecule has 1 aliphatic carbocycles. The summed E-state index contributed by atoms with van der Waals surface area (Å²) >= 11 is 6.20. The quantitative estimate of drug-likeness (QED) is 0.840. The highest BCUT2D eigenvalue weighted by Crippen LogP contribution is 2.30. The molecule has 0 heterocycles. The minimum atomic E-state index is 0.128. The molecule has 1 fully saturated rings. The predicted octanol–water partition coefficient (Wildman–Crippen LogP) is 4.48. The number of amides is 1. The van der Waals surface area contributed by atoms with Crippen LogP contribution in [-0.4, -0.2) is 5.91 Å². The van der Waals surface area contributed by atoms with E-state index in [1.807, 2.05) is 26.0 Å². The maximum atomic E-state index is 12.2. The van der Waals surface area contributed by atoms with Crippen LogP contribution in [0.5, 0.6) is 0 Å². The summed E-state index contributed by atoms with van der Waals surface area (Å²) in [5.41, 5.74) is 2.93. The molecule has 0 aliphatic heterocycles. The molecule has 0 unspecified atom stereocenters. The van der Waals surface area contributed by atoms with Crippen molar-refractivity contribution in [3.63, 3.8) is 0 Å². The lowest BCUT2D eigenvalue weighted by Crippen LogP contribution is -2.25. The van der Waals surface area contributed by atoms with Gasteiger partial charge in [-0.15, -0.1) is 0 Å². The average molecular weight is 266 g/mol. The average Bonchev–Trinajstić information content (AvgIpc) is 2.34. The Kier molecular flexibility index (Phi) is 4.28. The molecular formula is C15H20ClNO. The van der Waals surface area contributed by atoms with Crippen molar-refractivity contribution >= 4 is 23.2 Å². The Balaban J connectivity index is 2.11. The predicted molar refractivity (Wildman–Crippen MR) is 76.1 cm³/mol. The van der Waals surface area contributed by atoms with Crippen molar-refractivity contribution in [3.05, 3.63) is 28.3 Å².